The fourth-order valence-electron chi connectivity index (χ4n) is 4.09. The van der Waals surface area contributed by atoms with Gasteiger partial charge in [0.25, 0.3) is 0 Å². The van der Waals surface area contributed by atoms with Crippen LogP contribution in [0.1, 0.15) is 36.1 Å². The predicted octanol–water partition coefficient (Wildman–Crippen LogP) is 5.27. The summed E-state index contributed by atoms with van der Waals surface area (Å²) in [6.45, 7) is 2.07. The number of rotatable bonds is 3. The summed E-state index contributed by atoms with van der Waals surface area (Å²) in [5.41, 5.74) is 3.56. The van der Waals surface area contributed by atoms with E-state index in [-0.39, 0.29) is 6.04 Å². The standard InChI is InChI=1S/C23H20BrN3O2/c1-23(16-9-11-25-12-10-16)27-21(19-13-17(24)5-8-22(19)29-23)14-20(26-27)15-3-6-18(28-2)7-4-15/h3-13,21H,14H2,1-2H3/t21-,23-/m1/s1. The van der Waals surface area contributed by atoms with E-state index in [4.69, 9.17) is 14.6 Å². The molecule has 1 aromatic heterocycles. The summed E-state index contributed by atoms with van der Waals surface area (Å²) in [4.78, 5) is 4.16. The van der Waals surface area contributed by atoms with Crippen molar-refractivity contribution in [1.82, 2.24) is 9.99 Å². The van der Waals surface area contributed by atoms with Crippen molar-refractivity contribution in [2.24, 2.45) is 5.10 Å². The normalized spacial score (nSPS) is 22.4. The first-order chi connectivity index (χ1) is 14.1. The molecule has 0 aliphatic carbocycles. The Morgan fingerprint density at radius 1 is 1.10 bits per heavy atom. The summed E-state index contributed by atoms with van der Waals surface area (Å²) >= 11 is 3.60. The molecule has 2 aliphatic rings. The second-order valence-corrected chi connectivity index (χ2v) is 8.26. The summed E-state index contributed by atoms with van der Waals surface area (Å²) in [6.07, 6.45) is 4.39. The van der Waals surface area contributed by atoms with Crippen LogP contribution >= 0.6 is 15.9 Å². The molecule has 3 aromatic rings. The molecule has 2 atom stereocenters. The maximum atomic E-state index is 6.55. The van der Waals surface area contributed by atoms with Crippen molar-refractivity contribution in [2.75, 3.05) is 7.11 Å². The van der Waals surface area contributed by atoms with Crippen molar-refractivity contribution in [3.05, 3.63) is 88.2 Å². The van der Waals surface area contributed by atoms with Crippen molar-refractivity contribution >= 4 is 21.6 Å². The first kappa shape index (κ1) is 18.2. The molecule has 0 spiro atoms. The van der Waals surface area contributed by atoms with E-state index < -0.39 is 5.72 Å². The molecule has 29 heavy (non-hydrogen) atoms. The fourth-order valence-corrected chi connectivity index (χ4v) is 4.47. The fraction of sp³-hybridized carbons (Fsp3) is 0.217. The minimum absolute atomic E-state index is 0.0894. The van der Waals surface area contributed by atoms with Crippen LogP contribution in [0.15, 0.2) is 76.6 Å². The number of pyridine rings is 1. The Hall–Kier alpha value is -2.86. The largest absolute Gasteiger partial charge is 0.497 e. The van der Waals surface area contributed by atoms with Crippen molar-refractivity contribution in [2.45, 2.75) is 25.1 Å². The first-order valence-corrected chi connectivity index (χ1v) is 10.3. The van der Waals surface area contributed by atoms with Gasteiger partial charge in [-0.2, -0.15) is 5.10 Å². The number of halogens is 1. The molecular formula is C23H20BrN3O2. The number of ether oxygens (including phenoxy) is 2. The van der Waals surface area contributed by atoms with Gasteiger partial charge in [-0.1, -0.05) is 15.9 Å². The van der Waals surface area contributed by atoms with Crippen LogP contribution in [0, 0.1) is 0 Å². The number of hydrogen-bond donors (Lipinski definition) is 0. The summed E-state index contributed by atoms with van der Waals surface area (Å²) in [5.74, 6) is 1.73. The van der Waals surface area contributed by atoms with Gasteiger partial charge in [-0.25, -0.2) is 5.01 Å². The molecule has 3 heterocycles. The number of nitrogens with zero attached hydrogens (tertiary/aromatic N) is 3. The highest BCUT2D eigenvalue weighted by molar-refractivity contribution is 9.10. The average molecular weight is 450 g/mol. The van der Waals surface area contributed by atoms with E-state index in [2.05, 4.69) is 51.0 Å². The topological polar surface area (TPSA) is 47.0 Å². The van der Waals surface area contributed by atoms with Crippen LogP contribution in [-0.4, -0.2) is 22.8 Å². The summed E-state index contributed by atoms with van der Waals surface area (Å²) < 4.78 is 12.9. The predicted molar refractivity (Wildman–Crippen MR) is 115 cm³/mol. The second kappa shape index (κ2) is 6.88. The molecular weight excluding hydrogens is 430 g/mol. The van der Waals surface area contributed by atoms with E-state index >= 15 is 0 Å². The van der Waals surface area contributed by atoms with Gasteiger partial charge in [-0.05, 0) is 60.2 Å². The summed E-state index contributed by atoms with van der Waals surface area (Å²) in [6, 6.07) is 18.3. The molecule has 146 valence electrons. The Balaban J connectivity index is 1.62. The number of aromatic nitrogens is 1. The van der Waals surface area contributed by atoms with Crippen molar-refractivity contribution in [3.8, 4) is 11.5 Å². The quantitative estimate of drug-likeness (QED) is 0.546. The monoisotopic (exact) mass is 449 g/mol. The number of methoxy groups -OCH3 is 1. The van der Waals surface area contributed by atoms with Crippen LogP contribution in [0.4, 0.5) is 0 Å². The van der Waals surface area contributed by atoms with Crippen LogP contribution in [0.25, 0.3) is 0 Å². The number of hydrazone groups is 1. The summed E-state index contributed by atoms with van der Waals surface area (Å²) in [7, 11) is 1.68. The lowest BCUT2D eigenvalue weighted by molar-refractivity contribution is -0.112. The smallest absolute Gasteiger partial charge is 0.221 e. The molecule has 0 amide bonds. The van der Waals surface area contributed by atoms with E-state index in [9.17, 15) is 0 Å². The van der Waals surface area contributed by atoms with Gasteiger partial charge >= 0.3 is 0 Å². The lowest BCUT2D eigenvalue weighted by Gasteiger charge is -2.46. The highest BCUT2D eigenvalue weighted by Gasteiger charge is 2.48. The Kier molecular flexibility index (Phi) is 4.32. The van der Waals surface area contributed by atoms with Gasteiger partial charge in [0.1, 0.15) is 11.5 Å². The van der Waals surface area contributed by atoms with Crippen LogP contribution in [0.5, 0.6) is 11.5 Å². The zero-order valence-corrected chi connectivity index (χ0v) is 17.8. The number of benzene rings is 2. The van der Waals surface area contributed by atoms with E-state index in [1.54, 1.807) is 19.5 Å². The SMILES string of the molecule is COc1ccc(C2=NN3[C@H](C2)c2cc(Br)ccc2O[C@]3(C)c2ccncc2)cc1. The average Bonchev–Trinajstić information content (AvgIpc) is 3.22. The molecule has 5 rings (SSSR count). The van der Waals surface area contributed by atoms with Crippen LogP contribution < -0.4 is 9.47 Å². The van der Waals surface area contributed by atoms with E-state index in [0.29, 0.717) is 0 Å². The highest BCUT2D eigenvalue weighted by atomic mass is 79.9. The van der Waals surface area contributed by atoms with Gasteiger partial charge in [0.05, 0.1) is 18.9 Å². The molecule has 0 bridgehead atoms. The third-order valence-corrected chi connectivity index (χ3v) is 6.12. The Morgan fingerprint density at radius 2 is 1.86 bits per heavy atom. The van der Waals surface area contributed by atoms with Gasteiger partial charge in [0.15, 0.2) is 0 Å². The molecule has 0 unspecified atom stereocenters. The van der Waals surface area contributed by atoms with Crippen molar-refractivity contribution in [3.63, 3.8) is 0 Å². The van der Waals surface area contributed by atoms with Crippen molar-refractivity contribution in [1.29, 1.82) is 0 Å². The second-order valence-electron chi connectivity index (χ2n) is 7.34. The Labute approximate surface area is 178 Å². The van der Waals surface area contributed by atoms with Crippen molar-refractivity contribution < 1.29 is 9.47 Å². The number of hydrogen-bond acceptors (Lipinski definition) is 5. The zero-order chi connectivity index (χ0) is 20.0. The Bertz CT molecular complexity index is 1090. The number of fused-ring (bicyclic) bond motifs is 3. The molecule has 2 aromatic carbocycles. The maximum Gasteiger partial charge on any atom is 0.221 e. The summed E-state index contributed by atoms with van der Waals surface area (Å²) in [5, 5.41) is 7.14. The lowest BCUT2D eigenvalue weighted by Crippen LogP contribution is -2.48. The maximum absolute atomic E-state index is 6.55. The molecule has 6 heteroatoms. The van der Waals surface area contributed by atoms with Gasteiger partial charge < -0.3 is 9.47 Å². The van der Waals surface area contributed by atoms with Crippen LogP contribution in [-0.2, 0) is 5.72 Å². The molecule has 0 N–H and O–H groups in total. The minimum Gasteiger partial charge on any atom is -0.497 e. The molecule has 0 radical (unpaired) electrons. The van der Waals surface area contributed by atoms with Gasteiger partial charge in [-0.3, -0.25) is 4.98 Å². The zero-order valence-electron chi connectivity index (χ0n) is 16.2. The first-order valence-electron chi connectivity index (χ1n) is 9.49. The van der Waals surface area contributed by atoms with Crippen LogP contribution in [0.2, 0.25) is 0 Å². The third-order valence-electron chi connectivity index (χ3n) is 5.63. The highest BCUT2D eigenvalue weighted by Crippen LogP contribution is 2.50. The van der Waals surface area contributed by atoms with E-state index in [1.165, 1.54) is 0 Å². The van der Waals surface area contributed by atoms with Gasteiger partial charge in [0.2, 0.25) is 5.72 Å². The molecule has 5 nitrogen and oxygen atoms in total. The van der Waals surface area contributed by atoms with E-state index in [0.717, 1.165) is 44.8 Å². The Morgan fingerprint density at radius 3 is 2.59 bits per heavy atom. The molecule has 0 fully saturated rings. The minimum atomic E-state index is -0.720. The van der Waals surface area contributed by atoms with Gasteiger partial charge in [0, 0.05) is 41.3 Å². The molecule has 0 saturated carbocycles. The molecule has 2 aliphatic heterocycles. The van der Waals surface area contributed by atoms with E-state index in [1.807, 2.05) is 36.4 Å². The van der Waals surface area contributed by atoms with Crippen LogP contribution in [0.3, 0.4) is 0 Å². The molecule has 0 saturated heterocycles. The lowest BCUT2D eigenvalue weighted by atomic mass is 9.93. The third kappa shape index (κ3) is 2.99. The van der Waals surface area contributed by atoms with Gasteiger partial charge in [-0.15, -0.1) is 0 Å².